The number of rotatable bonds is 4. The third-order valence-electron chi connectivity index (χ3n) is 5.64. The topological polar surface area (TPSA) is 138 Å². The zero-order valence-electron chi connectivity index (χ0n) is 22.3. The van der Waals surface area contributed by atoms with Crippen LogP contribution in [0.5, 0.6) is 5.75 Å². The Balaban J connectivity index is 0.000000291. The van der Waals surface area contributed by atoms with E-state index in [1.165, 1.54) is 4.90 Å². The van der Waals surface area contributed by atoms with E-state index in [1.807, 2.05) is 20.8 Å². The van der Waals surface area contributed by atoms with Gasteiger partial charge in [-0.3, -0.25) is 9.59 Å². The van der Waals surface area contributed by atoms with Crippen molar-refractivity contribution in [1.82, 2.24) is 15.2 Å². The summed E-state index contributed by atoms with van der Waals surface area (Å²) in [5, 5.41) is 13.7. The molecular weight excluding hydrogens is 502 g/mol. The predicted molar refractivity (Wildman–Crippen MR) is 141 cm³/mol. The number of carboxylic acids is 1. The summed E-state index contributed by atoms with van der Waals surface area (Å²) >= 11 is 5.79. The van der Waals surface area contributed by atoms with Crippen molar-refractivity contribution in [2.75, 3.05) is 13.7 Å². The van der Waals surface area contributed by atoms with Gasteiger partial charge in [0.1, 0.15) is 23.4 Å². The van der Waals surface area contributed by atoms with E-state index in [-0.39, 0.29) is 11.5 Å². The Kier molecular flexibility index (Phi) is 9.60. The summed E-state index contributed by atoms with van der Waals surface area (Å²) in [5.41, 5.74) is -1.41. The van der Waals surface area contributed by atoms with Crippen LogP contribution in [0.3, 0.4) is 0 Å². The molecule has 0 bridgehead atoms. The highest BCUT2D eigenvalue weighted by Gasteiger charge is 2.42. The molecule has 2 aromatic rings. The van der Waals surface area contributed by atoms with Gasteiger partial charge in [-0.25, -0.2) is 9.59 Å². The molecule has 1 aliphatic rings. The Hall–Kier alpha value is -3.27. The molecule has 1 aromatic carbocycles. The van der Waals surface area contributed by atoms with Crippen LogP contribution in [0, 0.1) is 5.41 Å². The summed E-state index contributed by atoms with van der Waals surface area (Å²) in [6, 6.07) is 3.45. The van der Waals surface area contributed by atoms with Gasteiger partial charge in [-0.1, -0.05) is 32.4 Å². The largest absolute Gasteiger partial charge is 0.495 e. The van der Waals surface area contributed by atoms with Crippen LogP contribution in [-0.4, -0.2) is 64.3 Å². The Morgan fingerprint density at radius 2 is 1.81 bits per heavy atom. The molecule has 3 N–H and O–H groups in total. The van der Waals surface area contributed by atoms with Crippen LogP contribution in [0.15, 0.2) is 29.2 Å². The summed E-state index contributed by atoms with van der Waals surface area (Å²) in [6.45, 7) is 11.1. The average Bonchev–Trinajstić information content (AvgIpc) is 3.27. The highest BCUT2D eigenvalue weighted by atomic mass is 35.5. The number of hydrogen-bond acceptors (Lipinski definition) is 6. The van der Waals surface area contributed by atoms with E-state index < -0.39 is 35.2 Å². The first-order valence-electron chi connectivity index (χ1n) is 11.9. The standard InChI is InChI=1S/C16H28N2O5.C10H8ClNO2/c1-15(2,3)11(17-14(22)23-16(4,5)6)12(19)18-9-7-8-10(18)13(20)21;1-14-9-5-12-10(13)8-4-6(11)2-3-7(8)9/h10-11H,7-9H2,1-6H3,(H,17,22)(H,20,21);2-5H,1H3,(H,12,13). The number of carboxylic acid groups (broad SMARTS) is 1. The summed E-state index contributed by atoms with van der Waals surface area (Å²) < 4.78 is 10.3. The van der Waals surface area contributed by atoms with Gasteiger partial charge in [0.2, 0.25) is 5.91 Å². The number of amides is 2. The number of likely N-dealkylation sites (tertiary alicyclic amines) is 1. The van der Waals surface area contributed by atoms with E-state index in [2.05, 4.69) is 10.3 Å². The van der Waals surface area contributed by atoms with Gasteiger partial charge in [0.15, 0.2) is 0 Å². The second-order valence-electron chi connectivity index (χ2n) is 10.8. The molecule has 0 spiro atoms. The van der Waals surface area contributed by atoms with E-state index in [0.29, 0.717) is 35.5 Å². The van der Waals surface area contributed by atoms with Gasteiger partial charge in [0, 0.05) is 23.2 Å². The molecule has 1 fully saturated rings. The van der Waals surface area contributed by atoms with Crippen LogP contribution in [0.4, 0.5) is 4.79 Å². The number of aromatic nitrogens is 1. The smallest absolute Gasteiger partial charge is 0.408 e. The van der Waals surface area contributed by atoms with Gasteiger partial charge in [0.25, 0.3) is 5.56 Å². The second kappa shape index (κ2) is 11.9. The number of aliphatic carboxylic acids is 1. The number of carbonyl (C=O) groups excluding carboxylic acids is 2. The lowest BCUT2D eigenvalue weighted by Crippen LogP contribution is -2.57. The summed E-state index contributed by atoms with van der Waals surface area (Å²) in [4.78, 5) is 51.5. The van der Waals surface area contributed by atoms with Crippen molar-refractivity contribution in [2.24, 2.45) is 5.41 Å². The number of aromatic amines is 1. The van der Waals surface area contributed by atoms with E-state index in [0.717, 1.165) is 5.39 Å². The number of hydrogen-bond donors (Lipinski definition) is 3. The molecule has 0 saturated carbocycles. The summed E-state index contributed by atoms with van der Waals surface area (Å²) in [7, 11) is 1.56. The molecule has 2 heterocycles. The molecular formula is C26H36ClN3O7. The fourth-order valence-electron chi connectivity index (χ4n) is 3.90. The SMILES string of the molecule is CC(C)(C)OC(=O)NC(C(=O)N1CCCC1C(=O)O)C(C)(C)C.COc1c[nH]c(=O)c2cc(Cl)ccc12. The average molecular weight is 538 g/mol. The molecule has 0 radical (unpaired) electrons. The van der Waals surface area contributed by atoms with Crippen molar-refractivity contribution >= 4 is 40.3 Å². The second-order valence-corrected chi connectivity index (χ2v) is 11.3. The normalized spacial score (nSPS) is 16.4. The van der Waals surface area contributed by atoms with Crippen LogP contribution in [0.2, 0.25) is 5.02 Å². The first-order valence-corrected chi connectivity index (χ1v) is 12.3. The molecule has 3 rings (SSSR count). The fourth-order valence-corrected chi connectivity index (χ4v) is 4.07. The van der Waals surface area contributed by atoms with E-state index >= 15 is 0 Å². The van der Waals surface area contributed by atoms with Crippen molar-refractivity contribution in [3.63, 3.8) is 0 Å². The van der Waals surface area contributed by atoms with Crippen molar-refractivity contribution in [2.45, 2.75) is 72.1 Å². The van der Waals surface area contributed by atoms with Crippen LogP contribution < -0.4 is 15.6 Å². The quantitative estimate of drug-likeness (QED) is 0.531. The van der Waals surface area contributed by atoms with Crippen LogP contribution in [0.1, 0.15) is 54.4 Å². The number of H-pyrrole nitrogens is 1. The monoisotopic (exact) mass is 537 g/mol. The minimum atomic E-state index is -1.01. The number of pyridine rings is 1. The fraction of sp³-hybridized carbons (Fsp3) is 0.538. The van der Waals surface area contributed by atoms with Gasteiger partial charge < -0.3 is 29.8 Å². The number of nitrogens with one attached hydrogen (secondary N) is 2. The maximum Gasteiger partial charge on any atom is 0.408 e. The highest BCUT2D eigenvalue weighted by molar-refractivity contribution is 6.31. The molecule has 2 amide bonds. The van der Waals surface area contributed by atoms with E-state index in [1.54, 1.807) is 52.3 Å². The summed E-state index contributed by atoms with van der Waals surface area (Å²) in [5.74, 6) is -0.759. The van der Waals surface area contributed by atoms with Crippen molar-refractivity contribution in [3.8, 4) is 5.75 Å². The number of methoxy groups -OCH3 is 1. The lowest BCUT2D eigenvalue weighted by Gasteiger charge is -2.35. The first-order chi connectivity index (χ1) is 17.0. The zero-order chi connectivity index (χ0) is 28.1. The molecule has 1 saturated heterocycles. The number of halogens is 1. The lowest BCUT2D eigenvalue weighted by atomic mass is 9.85. The van der Waals surface area contributed by atoms with Gasteiger partial charge in [-0.05, 0) is 57.2 Å². The number of ether oxygens (including phenoxy) is 2. The van der Waals surface area contributed by atoms with Crippen LogP contribution in [0.25, 0.3) is 10.8 Å². The molecule has 37 heavy (non-hydrogen) atoms. The number of fused-ring (bicyclic) bond motifs is 1. The molecule has 2 unspecified atom stereocenters. The highest BCUT2D eigenvalue weighted by Crippen LogP contribution is 2.26. The van der Waals surface area contributed by atoms with Crippen LogP contribution >= 0.6 is 11.6 Å². The van der Waals surface area contributed by atoms with E-state index in [4.69, 9.17) is 21.1 Å². The van der Waals surface area contributed by atoms with Crippen molar-refractivity contribution < 1.29 is 29.0 Å². The van der Waals surface area contributed by atoms with E-state index in [9.17, 15) is 24.3 Å². The molecule has 10 nitrogen and oxygen atoms in total. The minimum Gasteiger partial charge on any atom is -0.495 e. The molecule has 1 aliphatic heterocycles. The Morgan fingerprint density at radius 3 is 2.35 bits per heavy atom. The summed E-state index contributed by atoms with van der Waals surface area (Å²) in [6.07, 6.45) is 1.94. The lowest BCUT2D eigenvalue weighted by molar-refractivity contribution is -0.150. The molecule has 11 heteroatoms. The number of benzene rings is 1. The molecule has 204 valence electrons. The van der Waals surface area contributed by atoms with Crippen molar-refractivity contribution in [3.05, 3.63) is 39.8 Å². The predicted octanol–water partition coefficient (Wildman–Crippen LogP) is 4.19. The molecule has 2 atom stereocenters. The van der Waals surface area contributed by atoms with Gasteiger partial charge in [-0.15, -0.1) is 0 Å². The van der Waals surface area contributed by atoms with Gasteiger partial charge in [-0.2, -0.15) is 0 Å². The third-order valence-corrected chi connectivity index (χ3v) is 5.88. The maximum atomic E-state index is 12.8. The zero-order valence-corrected chi connectivity index (χ0v) is 23.1. The third kappa shape index (κ3) is 8.11. The Bertz CT molecular complexity index is 1200. The van der Waals surface area contributed by atoms with Crippen molar-refractivity contribution in [1.29, 1.82) is 0 Å². The van der Waals surface area contributed by atoms with Gasteiger partial charge >= 0.3 is 12.1 Å². The van der Waals surface area contributed by atoms with Gasteiger partial charge in [0.05, 0.1) is 12.5 Å². The number of alkyl carbamates (subject to hydrolysis) is 1. The Labute approximate surface area is 221 Å². The molecule has 1 aromatic heterocycles. The number of nitrogens with zero attached hydrogens (tertiary/aromatic N) is 1. The molecule has 0 aliphatic carbocycles. The van der Waals surface area contributed by atoms with Crippen LogP contribution in [-0.2, 0) is 14.3 Å². The number of carbonyl (C=O) groups is 3. The Morgan fingerprint density at radius 1 is 1.16 bits per heavy atom. The first kappa shape index (κ1) is 30.0. The minimum absolute atomic E-state index is 0.164. The maximum absolute atomic E-state index is 12.8.